The van der Waals surface area contributed by atoms with Gasteiger partial charge in [-0.3, -0.25) is 4.79 Å². The van der Waals surface area contributed by atoms with Crippen molar-refractivity contribution in [1.82, 2.24) is 9.62 Å². The van der Waals surface area contributed by atoms with Gasteiger partial charge in [-0.15, -0.1) is 0 Å². The monoisotopic (exact) mass is 506 g/mol. The summed E-state index contributed by atoms with van der Waals surface area (Å²) in [6.07, 6.45) is 2.23. The second-order valence-electron chi connectivity index (χ2n) is 7.93. The van der Waals surface area contributed by atoms with Crippen molar-refractivity contribution < 1.29 is 31.2 Å². The third-order valence-electron chi connectivity index (χ3n) is 5.04. The van der Waals surface area contributed by atoms with Crippen molar-refractivity contribution in [3.8, 4) is 0 Å². The van der Waals surface area contributed by atoms with Gasteiger partial charge in [0.15, 0.2) is 0 Å². The maximum absolute atomic E-state index is 13.1. The second kappa shape index (κ2) is 10.9. The van der Waals surface area contributed by atoms with Crippen LogP contribution in [0.25, 0.3) is 0 Å². The molecule has 1 atom stereocenters. The Bertz CT molecular complexity index is 1260. The normalized spacial score (nSPS) is 14.6. The fourth-order valence-corrected chi connectivity index (χ4v) is 5.31. The number of rotatable bonds is 11. The molecule has 0 saturated heterocycles. The van der Waals surface area contributed by atoms with Crippen LogP contribution in [-0.2, 0) is 46.5 Å². The van der Waals surface area contributed by atoms with E-state index in [1.54, 1.807) is 54.6 Å². The summed E-state index contributed by atoms with van der Waals surface area (Å²) in [4.78, 5) is 26.7. The molecule has 1 amide bonds. The number of sulfonamides is 1. The van der Waals surface area contributed by atoms with Crippen molar-refractivity contribution in [3.63, 3.8) is 0 Å². The minimum atomic E-state index is -3.98. The summed E-state index contributed by atoms with van der Waals surface area (Å²) in [6.45, 7) is 0.102. The average Bonchev–Trinajstić information content (AvgIpc) is 2.75. The van der Waals surface area contributed by atoms with Gasteiger partial charge in [0.05, 0.1) is 11.5 Å². The number of nitrogens with one attached hydrogen (secondary N) is 1. The van der Waals surface area contributed by atoms with E-state index in [0.29, 0.717) is 5.56 Å². The lowest BCUT2D eigenvalue weighted by Crippen LogP contribution is -2.52. The van der Waals surface area contributed by atoms with Gasteiger partial charge in [-0.2, -0.15) is 0 Å². The lowest BCUT2D eigenvalue weighted by Gasteiger charge is -2.33. The first-order chi connectivity index (χ1) is 16.0. The van der Waals surface area contributed by atoms with Gasteiger partial charge in [0.1, 0.15) is 28.2 Å². The first-order valence-corrected chi connectivity index (χ1v) is 14.2. The fourth-order valence-electron chi connectivity index (χ4n) is 3.28. The smallest absolute Gasteiger partial charge is 0.355 e. The molecule has 1 N–H and O–H groups in total. The van der Waals surface area contributed by atoms with E-state index in [1.165, 1.54) is 6.08 Å². The molecule has 0 spiro atoms. The number of hydrogen-bond acceptors (Lipinski definition) is 7. The van der Waals surface area contributed by atoms with Crippen molar-refractivity contribution in [2.45, 2.75) is 24.8 Å². The molecule has 0 bridgehead atoms. The largest absolute Gasteiger partial charge is 0.456 e. The summed E-state index contributed by atoms with van der Waals surface area (Å²) in [5, 5.41) is 0. The number of carbonyl (C=O) groups is 2. The van der Waals surface area contributed by atoms with Gasteiger partial charge in [0.25, 0.3) is 0 Å². The Kier molecular flexibility index (Phi) is 8.24. The lowest BCUT2D eigenvalue weighted by atomic mass is 10.1. The second-order valence-corrected chi connectivity index (χ2v) is 11.9. The van der Waals surface area contributed by atoms with Gasteiger partial charge in [0.2, 0.25) is 15.9 Å². The van der Waals surface area contributed by atoms with Crippen LogP contribution < -0.4 is 4.72 Å². The maximum atomic E-state index is 13.1. The summed E-state index contributed by atoms with van der Waals surface area (Å²) < 4.78 is 56.3. The zero-order valence-electron chi connectivity index (χ0n) is 18.6. The Hall–Kier alpha value is -3.02. The predicted molar refractivity (Wildman–Crippen MR) is 126 cm³/mol. The molecule has 2 aromatic carbocycles. The number of amides is 1. The van der Waals surface area contributed by atoms with E-state index in [1.807, 2.05) is 6.07 Å². The highest BCUT2D eigenvalue weighted by atomic mass is 32.2. The summed E-state index contributed by atoms with van der Waals surface area (Å²) in [6, 6.07) is 16.0. The van der Waals surface area contributed by atoms with Crippen molar-refractivity contribution >= 4 is 31.7 Å². The lowest BCUT2D eigenvalue weighted by molar-refractivity contribution is -0.147. The Morgan fingerprint density at radius 1 is 0.971 bits per heavy atom. The van der Waals surface area contributed by atoms with E-state index in [2.05, 4.69) is 4.72 Å². The van der Waals surface area contributed by atoms with Crippen molar-refractivity contribution in [1.29, 1.82) is 0 Å². The third-order valence-corrected chi connectivity index (χ3v) is 7.38. The molecule has 34 heavy (non-hydrogen) atoms. The quantitative estimate of drug-likeness (QED) is 0.456. The summed E-state index contributed by atoms with van der Waals surface area (Å²) in [7, 11) is -7.44. The number of nitrogens with zero attached hydrogens (tertiary/aromatic N) is 1. The highest BCUT2D eigenvalue weighted by Crippen LogP contribution is 2.20. The van der Waals surface area contributed by atoms with Gasteiger partial charge in [-0.05, 0) is 23.6 Å². The minimum absolute atomic E-state index is 0.00690. The zero-order chi connectivity index (χ0) is 24.8. The Morgan fingerprint density at radius 3 is 2.09 bits per heavy atom. The Labute approximate surface area is 199 Å². The number of ether oxygens (including phenoxy) is 1. The molecule has 2 aromatic rings. The van der Waals surface area contributed by atoms with Gasteiger partial charge in [0, 0.05) is 12.8 Å². The molecule has 1 unspecified atom stereocenters. The number of hydrogen-bond donors (Lipinski definition) is 1. The Balaban J connectivity index is 1.69. The predicted octanol–water partition coefficient (Wildman–Crippen LogP) is 1.38. The molecule has 3 rings (SSSR count). The molecule has 0 radical (unpaired) electrons. The van der Waals surface area contributed by atoms with Gasteiger partial charge in [-0.25, -0.2) is 26.4 Å². The Morgan fingerprint density at radius 2 is 1.56 bits per heavy atom. The number of benzene rings is 2. The van der Waals surface area contributed by atoms with Gasteiger partial charge < -0.3 is 9.64 Å². The topological polar surface area (TPSA) is 127 Å². The van der Waals surface area contributed by atoms with Crippen LogP contribution in [-0.4, -0.2) is 58.2 Å². The van der Waals surface area contributed by atoms with E-state index in [4.69, 9.17) is 4.74 Å². The van der Waals surface area contributed by atoms with Gasteiger partial charge in [-0.1, -0.05) is 60.7 Å². The molecule has 11 heteroatoms. The van der Waals surface area contributed by atoms with E-state index < -0.39 is 43.5 Å². The number of esters is 1. The molecule has 0 saturated carbocycles. The highest BCUT2D eigenvalue weighted by Gasteiger charge is 2.36. The van der Waals surface area contributed by atoms with Crippen LogP contribution >= 0.6 is 0 Å². The molecule has 0 fully saturated rings. The van der Waals surface area contributed by atoms with Crippen LogP contribution in [0.1, 0.15) is 17.5 Å². The van der Waals surface area contributed by atoms with Crippen LogP contribution in [0.15, 0.2) is 72.4 Å². The SMILES string of the molecule is CS(=O)(=O)CCC(NS(=O)(=O)Cc1ccccc1)C(=O)N1CC=C1C(=O)OCc1ccccc1. The van der Waals surface area contributed by atoms with E-state index in [-0.39, 0.29) is 31.0 Å². The van der Waals surface area contributed by atoms with E-state index in [9.17, 15) is 26.4 Å². The highest BCUT2D eigenvalue weighted by molar-refractivity contribution is 7.90. The third kappa shape index (κ3) is 7.51. The van der Waals surface area contributed by atoms with Crippen LogP contribution in [0, 0.1) is 0 Å². The van der Waals surface area contributed by atoms with Gasteiger partial charge >= 0.3 is 5.97 Å². The molecule has 1 aliphatic heterocycles. The minimum Gasteiger partial charge on any atom is -0.456 e. The summed E-state index contributed by atoms with van der Waals surface area (Å²) >= 11 is 0. The first-order valence-electron chi connectivity index (χ1n) is 10.5. The standard InChI is InChI=1S/C23H26N2O7S2/c1-33(28,29)15-13-20(24-34(30,31)17-19-10-6-3-7-11-19)22(26)25-14-12-21(25)23(27)32-16-18-8-4-2-5-9-18/h2-12,20,24H,13-17H2,1H3. The van der Waals surface area contributed by atoms with Crippen LogP contribution in [0.3, 0.4) is 0 Å². The molecule has 1 aliphatic rings. The van der Waals surface area contributed by atoms with Crippen molar-refractivity contribution in [2.24, 2.45) is 0 Å². The molecule has 182 valence electrons. The maximum Gasteiger partial charge on any atom is 0.355 e. The first kappa shape index (κ1) is 25.6. The molecule has 0 aliphatic carbocycles. The van der Waals surface area contributed by atoms with Crippen molar-refractivity contribution in [2.75, 3.05) is 18.6 Å². The molecule has 0 aromatic heterocycles. The van der Waals surface area contributed by atoms with Crippen LogP contribution in [0.4, 0.5) is 0 Å². The number of carbonyl (C=O) groups excluding carboxylic acids is 2. The molecule has 1 heterocycles. The zero-order valence-corrected chi connectivity index (χ0v) is 20.2. The van der Waals surface area contributed by atoms with Crippen LogP contribution in [0.5, 0.6) is 0 Å². The molecular formula is C23H26N2O7S2. The van der Waals surface area contributed by atoms with E-state index >= 15 is 0 Å². The van der Waals surface area contributed by atoms with Crippen LogP contribution in [0.2, 0.25) is 0 Å². The van der Waals surface area contributed by atoms with Crippen molar-refractivity contribution in [3.05, 3.63) is 83.6 Å². The average molecular weight is 507 g/mol. The molecular weight excluding hydrogens is 480 g/mol. The molecule has 9 nitrogen and oxygen atoms in total. The number of sulfone groups is 1. The van der Waals surface area contributed by atoms with E-state index in [0.717, 1.165) is 16.7 Å². The fraction of sp³-hybridized carbons (Fsp3) is 0.304. The summed E-state index contributed by atoms with van der Waals surface area (Å²) in [5.74, 6) is -2.21. The summed E-state index contributed by atoms with van der Waals surface area (Å²) in [5.41, 5.74) is 1.28.